The van der Waals surface area contributed by atoms with Crippen molar-refractivity contribution in [1.82, 2.24) is 0 Å². The molecular formula is C23H25ClF6. The molecule has 0 nitrogen and oxygen atoms in total. The zero-order valence-electron chi connectivity index (χ0n) is 17.3. The van der Waals surface area contributed by atoms with E-state index in [1.54, 1.807) is 6.92 Å². The lowest BCUT2D eigenvalue weighted by Crippen LogP contribution is -2.12. The third-order valence-electron chi connectivity index (χ3n) is 5.39. The van der Waals surface area contributed by atoms with Gasteiger partial charge in [0.1, 0.15) is 0 Å². The number of halogens is 7. The molecule has 0 amide bonds. The van der Waals surface area contributed by atoms with Gasteiger partial charge >= 0.3 is 12.4 Å². The summed E-state index contributed by atoms with van der Waals surface area (Å²) < 4.78 is 78.6. The number of rotatable bonds is 6. The Morgan fingerprint density at radius 1 is 0.633 bits per heavy atom. The molecule has 0 heterocycles. The fourth-order valence-corrected chi connectivity index (χ4v) is 3.60. The van der Waals surface area contributed by atoms with Crippen LogP contribution in [0.3, 0.4) is 0 Å². The highest BCUT2D eigenvalue weighted by molar-refractivity contribution is 6.30. The zero-order chi connectivity index (χ0) is 22.9. The summed E-state index contributed by atoms with van der Waals surface area (Å²) in [6.07, 6.45) is -8.62. The molecule has 0 aliphatic heterocycles. The highest BCUT2D eigenvalue weighted by atomic mass is 35.5. The Morgan fingerprint density at radius 2 is 1.03 bits per heavy atom. The van der Waals surface area contributed by atoms with E-state index in [4.69, 9.17) is 11.6 Å². The van der Waals surface area contributed by atoms with Crippen LogP contribution in [0.25, 0.3) is 0 Å². The third-order valence-corrected chi connectivity index (χ3v) is 5.61. The molecule has 166 valence electrons. The molecule has 2 unspecified atom stereocenters. The van der Waals surface area contributed by atoms with Crippen LogP contribution in [0.2, 0.25) is 5.02 Å². The molecule has 0 radical (unpaired) electrons. The highest BCUT2D eigenvalue weighted by Crippen LogP contribution is 2.39. The van der Waals surface area contributed by atoms with Crippen molar-refractivity contribution in [3.63, 3.8) is 0 Å². The summed E-state index contributed by atoms with van der Waals surface area (Å²) in [5.41, 5.74) is -0.408. The predicted molar refractivity (Wildman–Crippen MR) is 108 cm³/mol. The molecule has 0 saturated carbocycles. The van der Waals surface area contributed by atoms with E-state index >= 15 is 0 Å². The van der Waals surface area contributed by atoms with Gasteiger partial charge in [-0.2, -0.15) is 26.3 Å². The van der Waals surface area contributed by atoms with Crippen molar-refractivity contribution in [1.29, 1.82) is 0 Å². The summed E-state index contributed by atoms with van der Waals surface area (Å²) in [5.74, 6) is -0.101. The van der Waals surface area contributed by atoms with Gasteiger partial charge < -0.3 is 0 Å². The van der Waals surface area contributed by atoms with Crippen molar-refractivity contribution in [2.75, 3.05) is 0 Å². The average molecular weight is 451 g/mol. The molecule has 0 aromatic heterocycles. The maximum Gasteiger partial charge on any atom is 0.416 e. The summed E-state index contributed by atoms with van der Waals surface area (Å²) in [6, 6.07) is 7.61. The topological polar surface area (TPSA) is 0 Å². The van der Waals surface area contributed by atoms with Crippen molar-refractivity contribution in [3.05, 3.63) is 69.2 Å². The molecule has 2 aromatic carbocycles. The van der Waals surface area contributed by atoms with E-state index in [0.29, 0.717) is 23.8 Å². The maximum absolute atomic E-state index is 13.1. The molecule has 0 spiro atoms. The van der Waals surface area contributed by atoms with E-state index in [1.165, 1.54) is 0 Å². The largest absolute Gasteiger partial charge is 0.416 e. The first-order valence-corrected chi connectivity index (χ1v) is 10.2. The molecule has 0 aliphatic rings. The molecule has 0 aliphatic carbocycles. The molecule has 0 saturated heterocycles. The highest BCUT2D eigenvalue weighted by Gasteiger charge is 2.37. The Balaban J connectivity index is 2.23. The van der Waals surface area contributed by atoms with Gasteiger partial charge in [0, 0.05) is 5.02 Å². The SMILES string of the molecule is CC(C)c1cc(Cl)cc(C(C)CCC(C)c2cc(C(F)(F)F)cc(C(F)(F)F)c2)c1. The second kappa shape index (κ2) is 9.21. The van der Waals surface area contributed by atoms with Crippen LogP contribution in [0.5, 0.6) is 0 Å². The first-order valence-electron chi connectivity index (χ1n) is 9.78. The minimum absolute atomic E-state index is 0.0401. The normalized spacial score (nSPS) is 14.8. The summed E-state index contributed by atoms with van der Waals surface area (Å²) >= 11 is 6.20. The average Bonchev–Trinajstić information content (AvgIpc) is 2.63. The van der Waals surface area contributed by atoms with Gasteiger partial charge in [0.25, 0.3) is 0 Å². The van der Waals surface area contributed by atoms with Crippen LogP contribution in [0, 0.1) is 0 Å². The Morgan fingerprint density at radius 3 is 1.43 bits per heavy atom. The van der Waals surface area contributed by atoms with E-state index < -0.39 is 29.4 Å². The fraction of sp³-hybridized carbons (Fsp3) is 0.478. The van der Waals surface area contributed by atoms with Crippen molar-refractivity contribution in [2.24, 2.45) is 0 Å². The van der Waals surface area contributed by atoms with Crippen molar-refractivity contribution in [3.8, 4) is 0 Å². The standard InChI is InChI=1S/C23H25ClF6/c1-13(2)16-7-17(11-21(24)10-16)14(3)5-6-15(4)18-8-19(22(25,26)27)12-20(9-18)23(28,29)30/h7-15H,5-6H2,1-4H3. The van der Waals surface area contributed by atoms with Crippen molar-refractivity contribution >= 4 is 11.6 Å². The number of hydrogen-bond acceptors (Lipinski definition) is 0. The van der Waals surface area contributed by atoms with Crippen LogP contribution in [-0.2, 0) is 12.4 Å². The molecule has 0 N–H and O–H groups in total. The first kappa shape index (κ1) is 24.6. The van der Waals surface area contributed by atoms with Crippen molar-refractivity contribution < 1.29 is 26.3 Å². The molecule has 7 heteroatoms. The molecule has 0 bridgehead atoms. The Bertz CT molecular complexity index is 835. The third kappa shape index (κ3) is 6.40. The van der Waals surface area contributed by atoms with Crippen LogP contribution in [0.1, 0.15) is 86.1 Å². The fourth-order valence-electron chi connectivity index (χ4n) is 3.35. The Labute approximate surface area is 178 Å². The van der Waals surface area contributed by atoms with Gasteiger partial charge in [-0.05, 0) is 77.6 Å². The quantitative estimate of drug-likeness (QED) is 0.385. The number of benzene rings is 2. The van der Waals surface area contributed by atoms with Gasteiger partial charge in [-0.3, -0.25) is 0 Å². The maximum atomic E-state index is 13.1. The van der Waals surface area contributed by atoms with Crippen LogP contribution in [0.15, 0.2) is 36.4 Å². The van der Waals surface area contributed by atoms with Crippen LogP contribution in [-0.4, -0.2) is 0 Å². The molecule has 2 rings (SSSR count). The minimum atomic E-state index is -4.84. The lowest BCUT2D eigenvalue weighted by molar-refractivity contribution is -0.143. The first-order chi connectivity index (χ1) is 13.7. The second-order valence-corrected chi connectivity index (χ2v) is 8.63. The monoisotopic (exact) mass is 450 g/mol. The van der Waals surface area contributed by atoms with Gasteiger partial charge in [0.2, 0.25) is 0 Å². The lowest BCUT2D eigenvalue weighted by Gasteiger charge is -2.20. The van der Waals surface area contributed by atoms with E-state index in [0.717, 1.165) is 23.3 Å². The summed E-state index contributed by atoms with van der Waals surface area (Å²) in [4.78, 5) is 0. The molecule has 2 atom stereocenters. The van der Waals surface area contributed by atoms with Gasteiger partial charge in [0.05, 0.1) is 11.1 Å². The minimum Gasteiger partial charge on any atom is -0.166 e. The molecular weight excluding hydrogens is 426 g/mol. The van der Waals surface area contributed by atoms with Gasteiger partial charge in [0.15, 0.2) is 0 Å². The Kier molecular flexibility index (Phi) is 7.54. The zero-order valence-corrected chi connectivity index (χ0v) is 18.0. The van der Waals surface area contributed by atoms with Gasteiger partial charge in [-0.25, -0.2) is 0 Å². The van der Waals surface area contributed by atoms with E-state index in [-0.39, 0.29) is 17.5 Å². The van der Waals surface area contributed by atoms with Crippen molar-refractivity contribution in [2.45, 2.75) is 70.6 Å². The van der Waals surface area contributed by atoms with Crippen LogP contribution >= 0.6 is 11.6 Å². The van der Waals surface area contributed by atoms with Gasteiger partial charge in [-0.1, -0.05) is 45.4 Å². The summed E-state index contributed by atoms with van der Waals surface area (Å²) in [5, 5.41) is 0.615. The summed E-state index contributed by atoms with van der Waals surface area (Å²) in [6.45, 7) is 7.73. The molecule has 2 aromatic rings. The number of hydrogen-bond donors (Lipinski definition) is 0. The lowest BCUT2D eigenvalue weighted by atomic mass is 9.87. The Hall–Kier alpha value is -1.69. The molecule has 30 heavy (non-hydrogen) atoms. The predicted octanol–water partition coefficient (Wildman–Crippen LogP) is 9.19. The second-order valence-electron chi connectivity index (χ2n) is 8.19. The van der Waals surface area contributed by atoms with E-state index in [9.17, 15) is 26.3 Å². The summed E-state index contributed by atoms with van der Waals surface area (Å²) in [7, 11) is 0. The van der Waals surface area contributed by atoms with Crippen LogP contribution < -0.4 is 0 Å². The van der Waals surface area contributed by atoms with E-state index in [1.807, 2.05) is 32.9 Å². The number of alkyl halides is 6. The van der Waals surface area contributed by atoms with E-state index in [2.05, 4.69) is 6.07 Å². The smallest absolute Gasteiger partial charge is 0.166 e. The van der Waals surface area contributed by atoms with Crippen LogP contribution in [0.4, 0.5) is 26.3 Å². The molecule has 0 fully saturated rings. The van der Waals surface area contributed by atoms with Gasteiger partial charge in [-0.15, -0.1) is 0 Å².